The summed E-state index contributed by atoms with van der Waals surface area (Å²) in [5, 5.41) is 3.37. The van der Waals surface area contributed by atoms with Gasteiger partial charge in [0.1, 0.15) is 0 Å². The first-order valence-electron chi connectivity index (χ1n) is 6.89. The summed E-state index contributed by atoms with van der Waals surface area (Å²) in [6.45, 7) is 13.4. The van der Waals surface area contributed by atoms with E-state index in [1.54, 1.807) is 0 Å². The maximum atomic E-state index is 3.37. The van der Waals surface area contributed by atoms with Crippen LogP contribution in [0.2, 0.25) is 0 Å². The van der Waals surface area contributed by atoms with Crippen LogP contribution < -0.4 is 10.2 Å². The Kier molecular flexibility index (Phi) is 5.21. The molecule has 2 heteroatoms. The van der Waals surface area contributed by atoms with E-state index in [9.17, 15) is 0 Å². The average Bonchev–Trinajstić information content (AvgIpc) is 2.36. The second-order valence-corrected chi connectivity index (χ2v) is 5.85. The van der Waals surface area contributed by atoms with E-state index in [0.717, 1.165) is 13.1 Å². The smallest absolute Gasteiger partial charge is 0.0366 e. The van der Waals surface area contributed by atoms with Crippen LogP contribution in [0.4, 0.5) is 5.69 Å². The van der Waals surface area contributed by atoms with E-state index >= 15 is 0 Å². The van der Waals surface area contributed by atoms with E-state index in [1.807, 2.05) is 7.05 Å². The van der Waals surface area contributed by atoms with Crippen molar-refractivity contribution in [2.24, 2.45) is 5.41 Å². The molecule has 18 heavy (non-hydrogen) atoms. The van der Waals surface area contributed by atoms with Gasteiger partial charge in [-0.3, -0.25) is 0 Å². The Labute approximate surface area is 112 Å². The number of nitrogens with zero attached hydrogens (tertiary/aromatic N) is 1. The second kappa shape index (κ2) is 6.24. The van der Waals surface area contributed by atoms with Crippen LogP contribution in [0, 0.1) is 12.3 Å². The number of anilines is 1. The molecule has 0 radical (unpaired) electrons. The van der Waals surface area contributed by atoms with E-state index in [0.29, 0.717) is 6.04 Å². The summed E-state index contributed by atoms with van der Waals surface area (Å²) in [6.07, 6.45) is 0. The quantitative estimate of drug-likeness (QED) is 0.829. The highest BCUT2D eigenvalue weighted by Crippen LogP contribution is 2.25. The lowest BCUT2D eigenvalue weighted by molar-refractivity contribution is 0.272. The zero-order chi connectivity index (χ0) is 13.8. The van der Waals surface area contributed by atoms with Crippen LogP contribution in [-0.4, -0.2) is 26.2 Å². The molecule has 1 atom stereocenters. The van der Waals surface area contributed by atoms with Crippen LogP contribution in [-0.2, 0) is 0 Å². The number of hydrogen-bond donors (Lipinski definition) is 1. The number of aryl methyl sites for hydroxylation is 1. The molecule has 0 spiro atoms. The van der Waals surface area contributed by atoms with Gasteiger partial charge in [0, 0.05) is 24.8 Å². The maximum Gasteiger partial charge on any atom is 0.0366 e. The van der Waals surface area contributed by atoms with E-state index in [2.05, 4.69) is 69.1 Å². The Hall–Kier alpha value is -1.02. The summed E-state index contributed by atoms with van der Waals surface area (Å²) >= 11 is 0. The number of benzene rings is 1. The minimum atomic E-state index is 0.246. The van der Waals surface area contributed by atoms with Crippen molar-refractivity contribution in [1.29, 1.82) is 0 Å². The number of hydrogen-bond acceptors (Lipinski definition) is 2. The van der Waals surface area contributed by atoms with Crippen molar-refractivity contribution in [2.45, 2.75) is 40.7 Å². The van der Waals surface area contributed by atoms with E-state index < -0.39 is 0 Å². The summed E-state index contributed by atoms with van der Waals surface area (Å²) in [5.74, 6) is 0. The molecule has 0 aliphatic carbocycles. The van der Waals surface area contributed by atoms with Crippen LogP contribution in [0.1, 0.15) is 33.3 Å². The molecule has 0 fully saturated rings. The molecule has 0 bridgehead atoms. The molecule has 0 saturated carbocycles. The van der Waals surface area contributed by atoms with Crippen molar-refractivity contribution >= 4 is 5.69 Å². The Morgan fingerprint density at radius 2 is 1.78 bits per heavy atom. The molecule has 0 heterocycles. The molecule has 0 aromatic heterocycles. The summed E-state index contributed by atoms with van der Waals surface area (Å²) in [5.41, 5.74) is 2.88. The predicted molar refractivity (Wildman–Crippen MR) is 81.4 cm³/mol. The fourth-order valence-corrected chi connectivity index (χ4v) is 2.16. The van der Waals surface area contributed by atoms with Gasteiger partial charge in [-0.2, -0.15) is 0 Å². The van der Waals surface area contributed by atoms with Crippen molar-refractivity contribution in [2.75, 3.05) is 25.0 Å². The molecular weight excluding hydrogens is 220 g/mol. The van der Waals surface area contributed by atoms with Gasteiger partial charge in [0.25, 0.3) is 0 Å². The molecule has 102 valence electrons. The minimum Gasteiger partial charge on any atom is -0.371 e. The molecule has 1 aromatic carbocycles. The van der Waals surface area contributed by atoms with E-state index in [1.165, 1.54) is 11.3 Å². The zero-order valence-electron chi connectivity index (χ0n) is 12.7. The highest BCUT2D eigenvalue weighted by atomic mass is 15.1. The van der Waals surface area contributed by atoms with Crippen LogP contribution in [0.25, 0.3) is 0 Å². The van der Waals surface area contributed by atoms with E-state index in [4.69, 9.17) is 0 Å². The molecule has 0 aliphatic heterocycles. The Balaban J connectivity index is 2.82. The van der Waals surface area contributed by atoms with Gasteiger partial charge in [-0.05, 0) is 45.4 Å². The van der Waals surface area contributed by atoms with E-state index in [-0.39, 0.29) is 5.41 Å². The van der Waals surface area contributed by atoms with Gasteiger partial charge in [-0.25, -0.2) is 0 Å². The van der Waals surface area contributed by atoms with Gasteiger partial charge in [-0.15, -0.1) is 0 Å². The summed E-state index contributed by atoms with van der Waals surface area (Å²) < 4.78 is 0. The largest absolute Gasteiger partial charge is 0.371 e. The maximum absolute atomic E-state index is 3.37. The monoisotopic (exact) mass is 248 g/mol. The first-order valence-corrected chi connectivity index (χ1v) is 6.89. The van der Waals surface area contributed by atoms with Crippen LogP contribution >= 0.6 is 0 Å². The van der Waals surface area contributed by atoms with Gasteiger partial charge >= 0.3 is 0 Å². The lowest BCUT2D eigenvalue weighted by Crippen LogP contribution is -2.45. The molecular formula is C16H28N2. The fraction of sp³-hybridized carbons (Fsp3) is 0.625. The topological polar surface area (TPSA) is 15.3 Å². The molecule has 0 saturated heterocycles. The van der Waals surface area contributed by atoms with Crippen molar-refractivity contribution in [3.8, 4) is 0 Å². The lowest BCUT2D eigenvalue weighted by Gasteiger charge is -2.37. The molecule has 0 amide bonds. The third-order valence-corrected chi connectivity index (χ3v) is 3.98. The third-order valence-electron chi connectivity index (χ3n) is 3.98. The third kappa shape index (κ3) is 3.74. The molecule has 1 rings (SSSR count). The van der Waals surface area contributed by atoms with Crippen molar-refractivity contribution in [3.63, 3.8) is 0 Å². The molecule has 2 nitrogen and oxygen atoms in total. The molecule has 1 unspecified atom stereocenters. The molecule has 0 aliphatic rings. The highest BCUT2D eigenvalue weighted by Gasteiger charge is 2.27. The highest BCUT2D eigenvalue weighted by molar-refractivity contribution is 5.47. The van der Waals surface area contributed by atoms with Gasteiger partial charge < -0.3 is 10.2 Å². The molecule has 1 N–H and O–H groups in total. The summed E-state index contributed by atoms with van der Waals surface area (Å²) in [6, 6.07) is 9.31. The van der Waals surface area contributed by atoms with Crippen molar-refractivity contribution in [3.05, 3.63) is 29.8 Å². The van der Waals surface area contributed by atoms with Gasteiger partial charge in [0.05, 0.1) is 0 Å². The average molecular weight is 248 g/mol. The first-order chi connectivity index (χ1) is 8.40. The zero-order valence-corrected chi connectivity index (χ0v) is 12.7. The predicted octanol–water partition coefficient (Wildman–Crippen LogP) is 3.46. The van der Waals surface area contributed by atoms with Crippen LogP contribution in [0.5, 0.6) is 0 Å². The minimum absolute atomic E-state index is 0.246. The van der Waals surface area contributed by atoms with Gasteiger partial charge in [0.15, 0.2) is 0 Å². The lowest BCUT2D eigenvalue weighted by atomic mass is 9.84. The van der Waals surface area contributed by atoms with Crippen molar-refractivity contribution in [1.82, 2.24) is 5.32 Å². The van der Waals surface area contributed by atoms with Crippen LogP contribution in [0.15, 0.2) is 24.3 Å². The van der Waals surface area contributed by atoms with Crippen LogP contribution in [0.3, 0.4) is 0 Å². The van der Waals surface area contributed by atoms with Crippen molar-refractivity contribution < 1.29 is 0 Å². The standard InChI is InChI=1S/C16H28N2/c1-7-18(12-16(4,5)14(3)17-6)15-10-8-13(2)9-11-15/h8-11,14,17H,7,12H2,1-6H3. The Bertz CT molecular complexity index is 354. The summed E-state index contributed by atoms with van der Waals surface area (Å²) in [7, 11) is 2.04. The Morgan fingerprint density at radius 1 is 1.22 bits per heavy atom. The van der Waals surface area contributed by atoms with Gasteiger partial charge in [-0.1, -0.05) is 31.5 Å². The number of nitrogens with one attached hydrogen (secondary N) is 1. The first kappa shape index (κ1) is 15.0. The number of rotatable bonds is 6. The normalized spacial score (nSPS) is 13.4. The Morgan fingerprint density at radius 3 is 2.22 bits per heavy atom. The second-order valence-electron chi connectivity index (χ2n) is 5.85. The SMILES string of the molecule is CCN(CC(C)(C)C(C)NC)c1ccc(C)cc1. The van der Waals surface area contributed by atoms with Gasteiger partial charge in [0.2, 0.25) is 0 Å². The molecule has 1 aromatic rings. The fourth-order valence-electron chi connectivity index (χ4n) is 2.16. The summed E-state index contributed by atoms with van der Waals surface area (Å²) in [4.78, 5) is 2.45.